The largest absolute Gasteiger partial charge is 0.380 e. The van der Waals surface area contributed by atoms with Crippen molar-refractivity contribution < 1.29 is 14.4 Å². The van der Waals surface area contributed by atoms with Crippen LogP contribution in [0.15, 0.2) is 60.7 Å². The second-order valence-corrected chi connectivity index (χ2v) is 5.84. The smallest absolute Gasteiger partial charge is 0.317 e. The summed E-state index contributed by atoms with van der Waals surface area (Å²) < 4.78 is 9.19. The van der Waals surface area contributed by atoms with E-state index in [0.717, 1.165) is 0 Å². The first kappa shape index (κ1) is 14.0. The first-order chi connectivity index (χ1) is 7.97. The molecule has 0 bridgehead atoms. The van der Waals surface area contributed by atoms with Crippen LogP contribution < -0.4 is 0 Å². The van der Waals surface area contributed by atoms with E-state index in [4.69, 9.17) is 9.79 Å². The Bertz CT molecular complexity index is 436. The van der Waals surface area contributed by atoms with Crippen LogP contribution in [0.2, 0.25) is 0 Å². The maximum Gasteiger partial charge on any atom is 0.380 e. The van der Waals surface area contributed by atoms with Crippen LogP contribution in [0.25, 0.3) is 11.1 Å². The molecule has 0 fully saturated rings. The molecule has 0 saturated heterocycles. The number of thiol groups is 1. The highest BCUT2D eigenvalue weighted by Crippen LogP contribution is 2.39. The Morgan fingerprint density at radius 2 is 1.00 bits per heavy atom. The van der Waals surface area contributed by atoms with Gasteiger partial charge in [0.2, 0.25) is 0 Å². The van der Waals surface area contributed by atoms with E-state index in [1.54, 1.807) is 0 Å². The van der Waals surface area contributed by atoms with Gasteiger partial charge in [-0.2, -0.15) is 0 Å². The lowest BCUT2D eigenvalue weighted by atomic mass is 10.1. The molecule has 2 aromatic carbocycles. The molecule has 0 radical (unpaired) electrons. The van der Waals surface area contributed by atoms with Crippen LogP contribution in [0.3, 0.4) is 0 Å². The molecule has 3 nitrogen and oxygen atoms in total. The van der Waals surface area contributed by atoms with Crippen molar-refractivity contribution in [1.82, 2.24) is 0 Å². The van der Waals surface area contributed by atoms with Crippen LogP contribution in [0, 0.1) is 0 Å². The molecule has 90 valence electrons. The van der Waals surface area contributed by atoms with E-state index >= 15 is 0 Å². The highest BCUT2D eigenvalue weighted by atomic mass is 32.7. The van der Waals surface area contributed by atoms with Crippen molar-refractivity contribution in [1.29, 1.82) is 0 Å². The summed E-state index contributed by atoms with van der Waals surface area (Å²) in [5.74, 6) is 0. The fourth-order valence-electron chi connectivity index (χ4n) is 1.26. The summed E-state index contributed by atoms with van der Waals surface area (Å²) in [5.41, 5.74) is 2.55. The molecular formula is C12H13O3PS. The van der Waals surface area contributed by atoms with E-state index in [1.807, 2.05) is 12.1 Å². The minimum atomic E-state index is -3.94. The number of hydrogen-bond acceptors (Lipinski definition) is 1. The normalized spacial score (nSPS) is 10.3. The lowest BCUT2D eigenvalue weighted by Gasteiger charge is -1.98. The van der Waals surface area contributed by atoms with Gasteiger partial charge in [-0.25, -0.2) is 4.57 Å². The second kappa shape index (κ2) is 6.62. The molecular weight excluding hydrogens is 255 g/mol. The van der Waals surface area contributed by atoms with Gasteiger partial charge in [0, 0.05) is 0 Å². The van der Waals surface area contributed by atoms with Crippen LogP contribution in [-0.4, -0.2) is 9.79 Å². The minimum absolute atomic E-state index is 1.28. The van der Waals surface area contributed by atoms with Gasteiger partial charge in [-0.3, -0.25) is 0 Å². The summed E-state index contributed by atoms with van der Waals surface area (Å²) in [6.07, 6.45) is 0. The Kier molecular flexibility index (Phi) is 5.45. The van der Waals surface area contributed by atoms with Crippen LogP contribution in [0.4, 0.5) is 0 Å². The van der Waals surface area contributed by atoms with E-state index < -0.39 is 6.80 Å². The van der Waals surface area contributed by atoms with E-state index in [0.29, 0.717) is 0 Å². The molecule has 0 heterocycles. The first-order valence-corrected chi connectivity index (χ1v) is 7.62. The highest BCUT2D eigenvalue weighted by Gasteiger charge is 1.97. The van der Waals surface area contributed by atoms with Crippen LogP contribution in [0.5, 0.6) is 0 Å². The Balaban J connectivity index is 0.000000249. The molecule has 2 rings (SSSR count). The molecule has 2 aromatic rings. The van der Waals surface area contributed by atoms with Gasteiger partial charge in [0.25, 0.3) is 0 Å². The lowest BCUT2D eigenvalue weighted by Crippen LogP contribution is -1.73. The molecule has 5 heteroatoms. The van der Waals surface area contributed by atoms with Gasteiger partial charge in [-0.1, -0.05) is 72.9 Å². The molecule has 0 amide bonds. The van der Waals surface area contributed by atoms with Crippen molar-refractivity contribution >= 4 is 19.0 Å². The summed E-state index contributed by atoms with van der Waals surface area (Å²) in [4.78, 5) is 15.0. The zero-order valence-corrected chi connectivity index (χ0v) is 10.8. The van der Waals surface area contributed by atoms with E-state index in [9.17, 15) is 4.57 Å². The van der Waals surface area contributed by atoms with Crippen molar-refractivity contribution in [3.63, 3.8) is 0 Å². The third-order valence-electron chi connectivity index (χ3n) is 1.88. The summed E-state index contributed by atoms with van der Waals surface area (Å²) in [6.45, 7) is -3.94. The molecule has 17 heavy (non-hydrogen) atoms. The topological polar surface area (TPSA) is 57.5 Å². The zero-order chi connectivity index (χ0) is 12.7. The maximum atomic E-state index is 9.19. The Labute approximate surface area is 105 Å². The van der Waals surface area contributed by atoms with Crippen molar-refractivity contribution in [2.75, 3.05) is 0 Å². The first-order valence-electron chi connectivity index (χ1n) is 4.85. The third-order valence-corrected chi connectivity index (χ3v) is 1.88. The summed E-state index contributed by atoms with van der Waals surface area (Å²) in [5, 5.41) is 0. The molecule has 0 aromatic heterocycles. The lowest BCUT2D eigenvalue weighted by molar-refractivity contribution is 0.397. The van der Waals surface area contributed by atoms with E-state index in [2.05, 4.69) is 60.8 Å². The SMILES string of the molecule is O=P(O)(O)S.c1ccc(-c2ccccc2)cc1. The summed E-state index contributed by atoms with van der Waals surface area (Å²) >= 11 is 2.79. The average molecular weight is 268 g/mol. The van der Waals surface area contributed by atoms with Crippen molar-refractivity contribution in [2.45, 2.75) is 0 Å². The molecule has 0 aliphatic carbocycles. The monoisotopic (exact) mass is 268 g/mol. The summed E-state index contributed by atoms with van der Waals surface area (Å²) in [7, 11) is 0. The average Bonchev–Trinajstić information content (AvgIpc) is 2.29. The molecule has 0 spiro atoms. The summed E-state index contributed by atoms with van der Waals surface area (Å²) in [6, 6.07) is 20.8. The number of hydrogen-bond donors (Lipinski definition) is 3. The fraction of sp³-hybridized carbons (Fsp3) is 0. The Morgan fingerprint density at radius 1 is 0.765 bits per heavy atom. The second-order valence-electron chi connectivity index (χ2n) is 3.25. The van der Waals surface area contributed by atoms with Crippen molar-refractivity contribution in [3.8, 4) is 11.1 Å². The Hall–Kier alpha value is -1.06. The number of rotatable bonds is 1. The van der Waals surface area contributed by atoms with Crippen LogP contribution >= 0.6 is 19.0 Å². The minimum Gasteiger partial charge on any atom is -0.317 e. The molecule has 0 unspecified atom stereocenters. The van der Waals surface area contributed by atoms with Gasteiger partial charge < -0.3 is 9.79 Å². The Morgan fingerprint density at radius 3 is 1.24 bits per heavy atom. The zero-order valence-electron chi connectivity index (χ0n) is 8.97. The van der Waals surface area contributed by atoms with Gasteiger partial charge >= 0.3 is 6.80 Å². The standard InChI is InChI=1S/C12H10.H3O3PS/c1-3-7-11(8-4-1)12-9-5-2-6-10-12;1-4(2,3)5/h1-10H;(H3,1,2,3,5). The predicted molar refractivity (Wildman–Crippen MR) is 72.9 cm³/mol. The fourth-order valence-corrected chi connectivity index (χ4v) is 1.26. The molecule has 0 saturated carbocycles. The quantitative estimate of drug-likeness (QED) is 0.549. The maximum absolute atomic E-state index is 9.19. The van der Waals surface area contributed by atoms with Crippen LogP contribution in [0.1, 0.15) is 0 Å². The van der Waals surface area contributed by atoms with Gasteiger partial charge in [-0.15, -0.1) is 0 Å². The predicted octanol–water partition coefficient (Wildman–Crippen LogP) is 3.36. The van der Waals surface area contributed by atoms with Gasteiger partial charge in [0.05, 0.1) is 0 Å². The van der Waals surface area contributed by atoms with Gasteiger partial charge in [0.1, 0.15) is 0 Å². The van der Waals surface area contributed by atoms with Gasteiger partial charge in [-0.05, 0) is 11.1 Å². The molecule has 0 aliphatic heterocycles. The highest BCUT2D eigenvalue weighted by molar-refractivity contribution is 8.43. The van der Waals surface area contributed by atoms with Crippen molar-refractivity contribution in [3.05, 3.63) is 60.7 Å². The molecule has 0 atom stereocenters. The van der Waals surface area contributed by atoms with Gasteiger partial charge in [0.15, 0.2) is 0 Å². The van der Waals surface area contributed by atoms with E-state index in [-0.39, 0.29) is 0 Å². The number of benzene rings is 2. The molecule has 2 N–H and O–H groups in total. The van der Waals surface area contributed by atoms with E-state index in [1.165, 1.54) is 11.1 Å². The van der Waals surface area contributed by atoms with Crippen molar-refractivity contribution in [2.24, 2.45) is 0 Å². The van der Waals surface area contributed by atoms with Crippen LogP contribution in [-0.2, 0) is 4.57 Å². The molecule has 0 aliphatic rings. The third kappa shape index (κ3) is 6.97.